The van der Waals surface area contributed by atoms with Gasteiger partial charge in [-0.25, -0.2) is 5.90 Å². The lowest BCUT2D eigenvalue weighted by Gasteiger charge is -2.08. The topological polar surface area (TPSA) is 35.2 Å². The molecule has 2 rings (SSSR count). The molecule has 1 aromatic rings. The maximum atomic E-state index is 5.09. The lowest BCUT2D eigenvalue weighted by atomic mass is 10.0. The van der Waals surface area contributed by atoms with E-state index in [1.165, 1.54) is 16.0 Å². The molecule has 1 unspecified atom stereocenters. The van der Waals surface area contributed by atoms with Gasteiger partial charge in [0.1, 0.15) is 0 Å². The van der Waals surface area contributed by atoms with Crippen molar-refractivity contribution in [3.05, 3.63) is 29.3 Å². The predicted molar refractivity (Wildman–Crippen MR) is 54.8 cm³/mol. The molecule has 0 radical (unpaired) electrons. The summed E-state index contributed by atoms with van der Waals surface area (Å²) in [7, 11) is 0. The zero-order valence-corrected chi connectivity index (χ0v) is 8.43. The maximum absolute atomic E-state index is 5.09. The summed E-state index contributed by atoms with van der Waals surface area (Å²) in [4.78, 5) is 6.09. The van der Waals surface area contributed by atoms with Crippen LogP contribution in [-0.4, -0.2) is 12.4 Å². The molecule has 2 nitrogen and oxygen atoms in total. The molecule has 2 N–H and O–H groups in total. The number of hydrogen-bond donors (Lipinski definition) is 1. The summed E-state index contributed by atoms with van der Waals surface area (Å²) in [6.07, 6.45) is 0. The van der Waals surface area contributed by atoms with E-state index in [0.717, 1.165) is 5.75 Å². The van der Waals surface area contributed by atoms with E-state index in [4.69, 9.17) is 10.7 Å². The minimum absolute atomic E-state index is 0.477. The molecule has 1 aromatic carbocycles. The Morgan fingerprint density at radius 1 is 1.62 bits per heavy atom. The lowest BCUT2D eigenvalue weighted by Crippen LogP contribution is -2.10. The molecule has 0 aromatic heterocycles. The smallest absolute Gasteiger partial charge is 0.0756 e. The highest BCUT2D eigenvalue weighted by atomic mass is 32.2. The Kier molecular flexibility index (Phi) is 2.58. The molecule has 1 aliphatic heterocycles. The summed E-state index contributed by atoms with van der Waals surface area (Å²) in [5.41, 5.74) is 2.71. The number of thioether (sulfide) groups is 1. The third-order valence-electron chi connectivity index (χ3n) is 2.34. The van der Waals surface area contributed by atoms with E-state index in [9.17, 15) is 0 Å². The third kappa shape index (κ3) is 1.73. The molecule has 0 saturated heterocycles. The van der Waals surface area contributed by atoms with E-state index in [-0.39, 0.29) is 0 Å². The zero-order valence-electron chi connectivity index (χ0n) is 7.62. The fourth-order valence-electron chi connectivity index (χ4n) is 1.65. The van der Waals surface area contributed by atoms with Gasteiger partial charge in [0.05, 0.1) is 6.61 Å². The van der Waals surface area contributed by atoms with Crippen molar-refractivity contribution in [3.63, 3.8) is 0 Å². The molecular formula is C10H13NOS. The number of rotatable bonds is 2. The van der Waals surface area contributed by atoms with E-state index in [1.807, 2.05) is 11.8 Å². The Hall–Kier alpha value is -0.510. The van der Waals surface area contributed by atoms with E-state index < -0.39 is 0 Å². The molecule has 3 heteroatoms. The first kappa shape index (κ1) is 9.06. The van der Waals surface area contributed by atoms with Crippen molar-refractivity contribution < 1.29 is 4.84 Å². The first-order valence-corrected chi connectivity index (χ1v) is 5.35. The summed E-state index contributed by atoms with van der Waals surface area (Å²) in [5, 5.41) is 0. The maximum Gasteiger partial charge on any atom is 0.0756 e. The van der Waals surface area contributed by atoms with Crippen molar-refractivity contribution in [2.24, 2.45) is 5.90 Å². The lowest BCUT2D eigenvalue weighted by molar-refractivity contribution is 0.128. The van der Waals surface area contributed by atoms with Crippen molar-refractivity contribution in [3.8, 4) is 0 Å². The van der Waals surface area contributed by atoms with Gasteiger partial charge < -0.3 is 4.84 Å². The fourth-order valence-corrected chi connectivity index (χ4v) is 2.87. The monoisotopic (exact) mass is 195 g/mol. The number of hydrogen-bond acceptors (Lipinski definition) is 3. The van der Waals surface area contributed by atoms with E-state index in [1.54, 1.807) is 0 Å². The van der Waals surface area contributed by atoms with E-state index in [2.05, 4.69) is 25.1 Å². The first-order valence-electron chi connectivity index (χ1n) is 4.36. The molecule has 0 saturated carbocycles. The average molecular weight is 195 g/mol. The van der Waals surface area contributed by atoms with Gasteiger partial charge in [0, 0.05) is 16.6 Å². The summed E-state index contributed by atoms with van der Waals surface area (Å²) < 4.78 is 0. The molecule has 0 amide bonds. The number of fused-ring (bicyclic) bond motifs is 1. The Balaban J connectivity index is 2.29. The largest absolute Gasteiger partial charge is 0.304 e. The molecule has 0 aliphatic carbocycles. The van der Waals surface area contributed by atoms with Crippen LogP contribution in [0.4, 0.5) is 0 Å². The summed E-state index contributed by atoms with van der Waals surface area (Å²) in [6.45, 7) is 2.74. The van der Waals surface area contributed by atoms with Gasteiger partial charge in [-0.05, 0) is 18.6 Å². The fraction of sp³-hybridized carbons (Fsp3) is 0.400. The van der Waals surface area contributed by atoms with Crippen LogP contribution in [-0.2, 0) is 4.84 Å². The van der Waals surface area contributed by atoms with Crippen LogP contribution in [0, 0.1) is 6.92 Å². The SMILES string of the molecule is Cc1ccc2c(c1)C(CON)CS2. The van der Waals surface area contributed by atoms with Crippen LogP contribution >= 0.6 is 11.8 Å². The van der Waals surface area contributed by atoms with Crippen LogP contribution in [0.15, 0.2) is 23.1 Å². The Morgan fingerprint density at radius 2 is 2.46 bits per heavy atom. The van der Waals surface area contributed by atoms with Gasteiger partial charge in [-0.15, -0.1) is 11.8 Å². The molecule has 0 bridgehead atoms. The van der Waals surface area contributed by atoms with Crippen LogP contribution in [0.25, 0.3) is 0 Å². The van der Waals surface area contributed by atoms with Crippen molar-refractivity contribution in [2.45, 2.75) is 17.7 Å². The van der Waals surface area contributed by atoms with Crippen molar-refractivity contribution in [1.29, 1.82) is 0 Å². The molecule has 1 atom stereocenters. The highest BCUT2D eigenvalue weighted by Crippen LogP contribution is 2.39. The Morgan fingerprint density at radius 3 is 3.23 bits per heavy atom. The molecule has 0 fully saturated rings. The van der Waals surface area contributed by atoms with Crippen molar-refractivity contribution >= 4 is 11.8 Å². The van der Waals surface area contributed by atoms with Gasteiger partial charge >= 0.3 is 0 Å². The second-order valence-electron chi connectivity index (χ2n) is 3.38. The number of benzene rings is 1. The van der Waals surface area contributed by atoms with Gasteiger partial charge in [-0.1, -0.05) is 17.7 Å². The quantitative estimate of drug-likeness (QED) is 0.734. The van der Waals surface area contributed by atoms with Gasteiger partial charge in [-0.2, -0.15) is 0 Å². The van der Waals surface area contributed by atoms with Gasteiger partial charge in [0.15, 0.2) is 0 Å². The molecule has 70 valence electrons. The Labute approximate surface area is 82.4 Å². The zero-order chi connectivity index (χ0) is 9.26. The molecule has 0 spiro atoms. The number of nitrogens with two attached hydrogens (primary N) is 1. The van der Waals surface area contributed by atoms with Crippen LogP contribution in [0.5, 0.6) is 0 Å². The second-order valence-corrected chi connectivity index (χ2v) is 4.44. The van der Waals surface area contributed by atoms with Gasteiger partial charge in [0.2, 0.25) is 0 Å². The van der Waals surface area contributed by atoms with Crippen molar-refractivity contribution in [1.82, 2.24) is 0 Å². The number of aryl methyl sites for hydroxylation is 1. The molecule has 13 heavy (non-hydrogen) atoms. The molecule has 1 heterocycles. The minimum Gasteiger partial charge on any atom is -0.304 e. The highest BCUT2D eigenvalue weighted by molar-refractivity contribution is 7.99. The Bertz CT molecular complexity index is 312. The van der Waals surface area contributed by atoms with Crippen molar-refractivity contribution in [2.75, 3.05) is 12.4 Å². The van der Waals surface area contributed by atoms with Gasteiger partial charge in [0.25, 0.3) is 0 Å². The average Bonchev–Trinajstić information content (AvgIpc) is 2.49. The van der Waals surface area contributed by atoms with Crippen LogP contribution in [0.2, 0.25) is 0 Å². The van der Waals surface area contributed by atoms with Crippen LogP contribution in [0.1, 0.15) is 17.0 Å². The van der Waals surface area contributed by atoms with E-state index >= 15 is 0 Å². The standard InChI is InChI=1S/C10H13NOS/c1-7-2-3-10-9(4-7)8(5-12-11)6-13-10/h2-4,8H,5-6,11H2,1H3. The summed E-state index contributed by atoms with van der Waals surface area (Å²) in [5.74, 6) is 6.66. The second kappa shape index (κ2) is 3.70. The molecule has 1 aliphatic rings. The van der Waals surface area contributed by atoms with Crippen LogP contribution < -0.4 is 5.90 Å². The van der Waals surface area contributed by atoms with Crippen LogP contribution in [0.3, 0.4) is 0 Å². The van der Waals surface area contributed by atoms with Gasteiger partial charge in [-0.3, -0.25) is 0 Å². The highest BCUT2D eigenvalue weighted by Gasteiger charge is 2.22. The van der Waals surface area contributed by atoms with E-state index in [0.29, 0.717) is 12.5 Å². The summed E-state index contributed by atoms with van der Waals surface area (Å²) in [6, 6.07) is 6.57. The summed E-state index contributed by atoms with van der Waals surface area (Å²) >= 11 is 1.89. The molecular weight excluding hydrogens is 182 g/mol. The first-order chi connectivity index (χ1) is 6.31. The normalized spacial score (nSPS) is 20.3. The predicted octanol–water partition coefficient (Wildman–Crippen LogP) is 2.07. The minimum atomic E-state index is 0.477. The third-order valence-corrected chi connectivity index (χ3v) is 3.59.